The molecule has 0 bridgehead atoms. The van der Waals surface area contributed by atoms with Crippen molar-refractivity contribution >= 4 is 0 Å². The molecule has 15 heavy (non-hydrogen) atoms. The maximum Gasteiger partial charge on any atom is 0.127 e. The molecule has 1 aromatic carbocycles. The summed E-state index contributed by atoms with van der Waals surface area (Å²) in [6, 6.07) is 6.93. The average Bonchev–Trinajstić information content (AvgIpc) is 2.22. The van der Waals surface area contributed by atoms with Gasteiger partial charge in [-0.1, -0.05) is 25.1 Å². The van der Waals surface area contributed by atoms with E-state index in [1.807, 2.05) is 19.2 Å². The number of halogens is 1. The number of nitrogens with zero attached hydrogens (tertiary/aromatic N) is 1. The zero-order valence-electron chi connectivity index (χ0n) is 9.46. The second-order valence-corrected chi connectivity index (χ2v) is 3.68. The molecule has 0 spiro atoms. The van der Waals surface area contributed by atoms with Crippen LogP contribution in [0.3, 0.4) is 0 Å². The number of hydrogen-bond donors (Lipinski definition) is 1. The average molecular weight is 210 g/mol. The van der Waals surface area contributed by atoms with E-state index >= 15 is 0 Å². The molecule has 0 heterocycles. The molecule has 0 fully saturated rings. The van der Waals surface area contributed by atoms with Gasteiger partial charge in [0, 0.05) is 25.2 Å². The number of rotatable bonds is 6. The Bertz CT molecular complexity index is 289. The first kappa shape index (κ1) is 12.1. The van der Waals surface area contributed by atoms with Gasteiger partial charge >= 0.3 is 0 Å². The van der Waals surface area contributed by atoms with Crippen LogP contribution in [0.5, 0.6) is 0 Å². The minimum absolute atomic E-state index is 0.118. The lowest BCUT2D eigenvalue weighted by molar-refractivity contribution is 0.320. The molecule has 1 rings (SSSR count). The monoisotopic (exact) mass is 210 g/mol. The van der Waals surface area contributed by atoms with Crippen LogP contribution in [0.1, 0.15) is 12.5 Å². The highest BCUT2D eigenvalue weighted by molar-refractivity contribution is 5.16. The van der Waals surface area contributed by atoms with E-state index in [0.29, 0.717) is 6.54 Å². The molecule has 0 radical (unpaired) electrons. The summed E-state index contributed by atoms with van der Waals surface area (Å²) in [5.74, 6) is -0.118. The Kier molecular flexibility index (Phi) is 5.29. The summed E-state index contributed by atoms with van der Waals surface area (Å²) < 4.78 is 13.3. The van der Waals surface area contributed by atoms with E-state index in [1.54, 1.807) is 6.07 Å². The summed E-state index contributed by atoms with van der Waals surface area (Å²) in [6.45, 7) is 5.60. The third kappa shape index (κ3) is 4.40. The molecule has 0 aromatic heterocycles. The highest BCUT2D eigenvalue weighted by Crippen LogP contribution is 2.08. The Morgan fingerprint density at radius 2 is 2.07 bits per heavy atom. The summed E-state index contributed by atoms with van der Waals surface area (Å²) in [6.07, 6.45) is 0. The van der Waals surface area contributed by atoms with Crippen molar-refractivity contribution in [3.63, 3.8) is 0 Å². The molecule has 0 saturated carbocycles. The van der Waals surface area contributed by atoms with Gasteiger partial charge in [-0.25, -0.2) is 4.39 Å². The first-order valence-electron chi connectivity index (χ1n) is 5.36. The second kappa shape index (κ2) is 6.53. The SMILES string of the molecule is CCNCCN(C)Cc1ccccc1F. The van der Waals surface area contributed by atoms with Gasteiger partial charge in [-0.05, 0) is 19.7 Å². The molecule has 1 N–H and O–H groups in total. The van der Waals surface area contributed by atoms with Crippen molar-refractivity contribution < 1.29 is 4.39 Å². The lowest BCUT2D eigenvalue weighted by Gasteiger charge is -2.17. The van der Waals surface area contributed by atoms with E-state index in [9.17, 15) is 4.39 Å². The summed E-state index contributed by atoms with van der Waals surface area (Å²) in [5, 5.41) is 3.24. The standard InChI is InChI=1S/C12H19FN2/c1-3-14-8-9-15(2)10-11-6-4-5-7-12(11)13/h4-7,14H,3,8-10H2,1-2H3. The van der Waals surface area contributed by atoms with Crippen LogP contribution in [-0.2, 0) is 6.54 Å². The van der Waals surface area contributed by atoms with Crippen molar-refractivity contribution in [2.75, 3.05) is 26.7 Å². The van der Waals surface area contributed by atoms with E-state index in [-0.39, 0.29) is 5.82 Å². The Morgan fingerprint density at radius 1 is 1.33 bits per heavy atom. The van der Waals surface area contributed by atoms with Crippen LogP contribution in [-0.4, -0.2) is 31.6 Å². The van der Waals surface area contributed by atoms with Crippen LogP contribution in [0, 0.1) is 5.82 Å². The van der Waals surface area contributed by atoms with Gasteiger partial charge in [-0.15, -0.1) is 0 Å². The summed E-state index contributed by atoms with van der Waals surface area (Å²) in [7, 11) is 2.00. The third-order valence-electron chi connectivity index (χ3n) is 2.32. The molecular weight excluding hydrogens is 191 g/mol. The van der Waals surface area contributed by atoms with Crippen molar-refractivity contribution in [1.29, 1.82) is 0 Å². The van der Waals surface area contributed by atoms with Crippen molar-refractivity contribution in [2.45, 2.75) is 13.5 Å². The van der Waals surface area contributed by atoms with Crippen molar-refractivity contribution in [3.8, 4) is 0 Å². The molecule has 0 saturated heterocycles. The summed E-state index contributed by atoms with van der Waals surface area (Å²) >= 11 is 0. The zero-order valence-corrected chi connectivity index (χ0v) is 9.46. The van der Waals surface area contributed by atoms with Gasteiger partial charge in [-0.3, -0.25) is 0 Å². The molecule has 0 aliphatic carbocycles. The first-order chi connectivity index (χ1) is 7.24. The van der Waals surface area contributed by atoms with Gasteiger partial charge in [-0.2, -0.15) is 0 Å². The summed E-state index contributed by atoms with van der Waals surface area (Å²) in [5.41, 5.74) is 0.761. The fraction of sp³-hybridized carbons (Fsp3) is 0.500. The van der Waals surface area contributed by atoms with Crippen LogP contribution < -0.4 is 5.32 Å². The fourth-order valence-corrected chi connectivity index (χ4v) is 1.44. The predicted octanol–water partition coefficient (Wildman–Crippen LogP) is 1.87. The molecule has 3 heteroatoms. The quantitative estimate of drug-likeness (QED) is 0.721. The third-order valence-corrected chi connectivity index (χ3v) is 2.32. The Hall–Kier alpha value is -0.930. The highest BCUT2D eigenvalue weighted by atomic mass is 19.1. The normalized spacial score (nSPS) is 10.9. The molecule has 0 aliphatic rings. The lowest BCUT2D eigenvalue weighted by atomic mass is 10.2. The van der Waals surface area contributed by atoms with Gasteiger partial charge in [0.25, 0.3) is 0 Å². The van der Waals surface area contributed by atoms with Crippen molar-refractivity contribution in [2.24, 2.45) is 0 Å². The first-order valence-corrected chi connectivity index (χ1v) is 5.36. The van der Waals surface area contributed by atoms with Crippen LogP contribution >= 0.6 is 0 Å². The Labute approximate surface area is 91.1 Å². The van der Waals surface area contributed by atoms with Gasteiger partial charge in [0.05, 0.1) is 0 Å². The molecule has 0 atom stereocenters. The highest BCUT2D eigenvalue weighted by Gasteiger charge is 2.03. The van der Waals surface area contributed by atoms with Crippen LogP contribution in [0.2, 0.25) is 0 Å². The minimum atomic E-state index is -0.118. The smallest absolute Gasteiger partial charge is 0.127 e. The molecule has 84 valence electrons. The maximum absolute atomic E-state index is 13.3. The second-order valence-electron chi connectivity index (χ2n) is 3.68. The van der Waals surface area contributed by atoms with Crippen molar-refractivity contribution in [3.05, 3.63) is 35.6 Å². The molecule has 0 aliphatic heterocycles. The Balaban J connectivity index is 2.37. The maximum atomic E-state index is 13.3. The van der Waals surface area contributed by atoms with E-state index in [0.717, 1.165) is 25.2 Å². The summed E-state index contributed by atoms with van der Waals surface area (Å²) in [4.78, 5) is 2.11. The number of hydrogen-bond acceptors (Lipinski definition) is 2. The van der Waals surface area contributed by atoms with Crippen LogP contribution in [0.4, 0.5) is 4.39 Å². The molecule has 1 aromatic rings. The number of likely N-dealkylation sites (N-methyl/N-ethyl adjacent to an activating group) is 2. The van der Waals surface area contributed by atoms with Crippen LogP contribution in [0.15, 0.2) is 24.3 Å². The molecule has 0 amide bonds. The van der Waals surface area contributed by atoms with E-state index in [2.05, 4.69) is 17.1 Å². The fourth-order valence-electron chi connectivity index (χ4n) is 1.44. The molecular formula is C12H19FN2. The Morgan fingerprint density at radius 3 is 2.73 bits per heavy atom. The molecule has 0 unspecified atom stereocenters. The molecule has 2 nitrogen and oxygen atoms in total. The van der Waals surface area contributed by atoms with E-state index < -0.39 is 0 Å². The topological polar surface area (TPSA) is 15.3 Å². The van der Waals surface area contributed by atoms with E-state index in [4.69, 9.17) is 0 Å². The largest absolute Gasteiger partial charge is 0.316 e. The zero-order chi connectivity index (χ0) is 11.1. The van der Waals surface area contributed by atoms with Crippen molar-refractivity contribution in [1.82, 2.24) is 10.2 Å². The number of benzene rings is 1. The number of nitrogens with one attached hydrogen (secondary N) is 1. The van der Waals surface area contributed by atoms with Gasteiger partial charge in [0.2, 0.25) is 0 Å². The lowest BCUT2D eigenvalue weighted by Crippen LogP contribution is -2.29. The van der Waals surface area contributed by atoms with Crippen LogP contribution in [0.25, 0.3) is 0 Å². The van der Waals surface area contributed by atoms with Gasteiger partial charge in [0.15, 0.2) is 0 Å². The predicted molar refractivity (Wildman–Crippen MR) is 61.3 cm³/mol. The minimum Gasteiger partial charge on any atom is -0.316 e. The van der Waals surface area contributed by atoms with E-state index in [1.165, 1.54) is 6.07 Å². The van der Waals surface area contributed by atoms with Gasteiger partial charge < -0.3 is 10.2 Å². The van der Waals surface area contributed by atoms with Gasteiger partial charge in [0.1, 0.15) is 5.82 Å².